The first-order valence-corrected chi connectivity index (χ1v) is 5.62. The van der Waals surface area contributed by atoms with Crippen molar-refractivity contribution in [2.24, 2.45) is 23.0 Å². The van der Waals surface area contributed by atoms with Crippen molar-refractivity contribution in [1.29, 1.82) is 0 Å². The van der Waals surface area contributed by atoms with Gasteiger partial charge in [0.15, 0.2) is 0 Å². The zero-order valence-corrected chi connectivity index (χ0v) is 8.54. The molecule has 0 amide bonds. The Morgan fingerprint density at radius 1 is 1.36 bits per heavy atom. The zero-order valence-electron chi connectivity index (χ0n) is 8.54. The molecule has 0 aromatic rings. The Labute approximate surface area is 84.7 Å². The van der Waals surface area contributed by atoms with Crippen LogP contribution >= 0.6 is 0 Å². The molecule has 3 fully saturated rings. The van der Waals surface area contributed by atoms with Crippen molar-refractivity contribution < 1.29 is 9.90 Å². The van der Waals surface area contributed by atoms with Gasteiger partial charge in [0.1, 0.15) is 0 Å². The molecule has 2 bridgehead atoms. The average Bonchev–Trinajstić information content (AvgIpc) is 2.19. The van der Waals surface area contributed by atoms with Crippen LogP contribution in [0.2, 0.25) is 0 Å². The summed E-state index contributed by atoms with van der Waals surface area (Å²) < 4.78 is 0. The van der Waals surface area contributed by atoms with Gasteiger partial charge < -0.3 is 10.8 Å². The second-order valence-corrected chi connectivity index (χ2v) is 4.92. The maximum atomic E-state index is 11.4. The lowest BCUT2D eigenvalue weighted by atomic mass is 9.55. The molecule has 3 saturated carbocycles. The van der Waals surface area contributed by atoms with E-state index in [0.29, 0.717) is 24.8 Å². The summed E-state index contributed by atoms with van der Waals surface area (Å²) in [5.74, 6) is 0.452. The van der Waals surface area contributed by atoms with E-state index in [9.17, 15) is 9.90 Å². The highest BCUT2D eigenvalue weighted by Gasteiger charge is 2.51. The van der Waals surface area contributed by atoms with E-state index in [4.69, 9.17) is 5.73 Å². The molecule has 1 unspecified atom stereocenters. The van der Waals surface area contributed by atoms with Gasteiger partial charge in [0.2, 0.25) is 0 Å². The fraction of sp³-hybridized carbons (Fsp3) is 0.909. The molecule has 1 atom stereocenters. The number of hydrogen-bond acceptors (Lipinski definition) is 2. The first-order chi connectivity index (χ1) is 6.69. The Bertz CT molecular complexity index is 233. The summed E-state index contributed by atoms with van der Waals surface area (Å²) >= 11 is 0. The van der Waals surface area contributed by atoms with E-state index in [1.165, 1.54) is 12.8 Å². The molecule has 3 aliphatic carbocycles. The normalized spacial score (nSPS) is 41.2. The van der Waals surface area contributed by atoms with Crippen LogP contribution in [0.4, 0.5) is 0 Å². The monoisotopic (exact) mass is 197 g/mol. The van der Waals surface area contributed by atoms with Gasteiger partial charge in [-0.05, 0) is 44.1 Å². The lowest BCUT2D eigenvalue weighted by Gasteiger charge is -2.49. The number of hydrogen-bond donors (Lipinski definition) is 2. The van der Waals surface area contributed by atoms with Crippen molar-refractivity contribution in [2.75, 3.05) is 6.54 Å². The van der Waals surface area contributed by atoms with Crippen LogP contribution in [0.1, 0.15) is 38.5 Å². The van der Waals surface area contributed by atoms with Crippen LogP contribution in [-0.4, -0.2) is 17.6 Å². The van der Waals surface area contributed by atoms with Crippen LogP contribution in [0.3, 0.4) is 0 Å². The van der Waals surface area contributed by atoms with Crippen LogP contribution in [-0.2, 0) is 4.79 Å². The lowest BCUT2D eigenvalue weighted by molar-refractivity contribution is -0.161. The summed E-state index contributed by atoms with van der Waals surface area (Å²) in [4.78, 5) is 11.4. The van der Waals surface area contributed by atoms with E-state index in [2.05, 4.69) is 0 Å². The van der Waals surface area contributed by atoms with Gasteiger partial charge in [-0.15, -0.1) is 0 Å². The molecule has 3 heteroatoms. The highest BCUT2D eigenvalue weighted by atomic mass is 16.4. The second kappa shape index (κ2) is 3.54. The van der Waals surface area contributed by atoms with E-state index in [0.717, 1.165) is 19.3 Å². The number of carboxylic acid groups (broad SMARTS) is 1. The smallest absolute Gasteiger partial charge is 0.309 e. The van der Waals surface area contributed by atoms with Gasteiger partial charge in [0, 0.05) is 0 Å². The molecule has 0 spiro atoms. The third kappa shape index (κ3) is 1.34. The molecular weight excluding hydrogens is 178 g/mol. The van der Waals surface area contributed by atoms with E-state index < -0.39 is 11.4 Å². The lowest BCUT2D eigenvalue weighted by Crippen LogP contribution is -2.48. The number of carboxylic acids is 1. The van der Waals surface area contributed by atoms with Crippen molar-refractivity contribution >= 4 is 5.97 Å². The Morgan fingerprint density at radius 3 is 2.36 bits per heavy atom. The number of carbonyl (C=O) groups is 1. The number of fused-ring (bicyclic) bond motifs is 3. The first-order valence-electron chi connectivity index (χ1n) is 5.62. The molecule has 14 heavy (non-hydrogen) atoms. The zero-order chi connectivity index (χ0) is 10.2. The molecular formula is C11H19NO2. The van der Waals surface area contributed by atoms with Gasteiger partial charge in [-0.25, -0.2) is 0 Å². The van der Waals surface area contributed by atoms with Crippen LogP contribution in [0.15, 0.2) is 0 Å². The minimum absolute atomic E-state index is 0.397. The van der Waals surface area contributed by atoms with Crippen LogP contribution < -0.4 is 5.73 Å². The Morgan fingerprint density at radius 2 is 2.00 bits per heavy atom. The number of rotatable bonds is 3. The summed E-state index contributed by atoms with van der Waals surface area (Å²) in [5.41, 5.74) is 5.09. The Kier molecular flexibility index (Phi) is 2.52. The molecule has 3 nitrogen and oxygen atoms in total. The quantitative estimate of drug-likeness (QED) is 0.722. The van der Waals surface area contributed by atoms with Crippen LogP contribution in [0.25, 0.3) is 0 Å². The fourth-order valence-corrected chi connectivity index (χ4v) is 3.53. The molecule has 80 valence electrons. The summed E-state index contributed by atoms with van der Waals surface area (Å²) in [7, 11) is 0. The highest BCUT2D eigenvalue weighted by Crippen LogP contribution is 2.54. The summed E-state index contributed by atoms with van der Waals surface area (Å²) in [6.07, 6.45) is 6.25. The minimum atomic E-state index is -0.600. The van der Waals surface area contributed by atoms with Crippen LogP contribution in [0, 0.1) is 17.3 Å². The van der Waals surface area contributed by atoms with Crippen molar-refractivity contribution in [3.63, 3.8) is 0 Å². The van der Waals surface area contributed by atoms with Gasteiger partial charge >= 0.3 is 5.97 Å². The van der Waals surface area contributed by atoms with E-state index >= 15 is 0 Å². The standard InChI is InChI=1S/C11H19NO2/c12-6-5-11(10(13)14)7-8-1-3-9(11)4-2-8/h8-9H,1-7,12H2,(H,13,14). The van der Waals surface area contributed by atoms with Gasteiger partial charge in [0.05, 0.1) is 5.41 Å². The summed E-state index contributed by atoms with van der Waals surface area (Å²) in [6.45, 7) is 0.509. The highest BCUT2D eigenvalue weighted by molar-refractivity contribution is 5.75. The molecule has 0 radical (unpaired) electrons. The van der Waals surface area contributed by atoms with Gasteiger partial charge in [-0.1, -0.05) is 12.8 Å². The Balaban J connectivity index is 2.22. The Hall–Kier alpha value is -0.570. The van der Waals surface area contributed by atoms with Gasteiger partial charge in [-0.3, -0.25) is 4.79 Å². The fourth-order valence-electron chi connectivity index (χ4n) is 3.53. The molecule has 3 aliphatic rings. The van der Waals surface area contributed by atoms with Crippen molar-refractivity contribution in [3.8, 4) is 0 Å². The van der Waals surface area contributed by atoms with Gasteiger partial charge in [-0.2, -0.15) is 0 Å². The molecule has 0 heterocycles. The molecule has 0 aromatic heterocycles. The SMILES string of the molecule is NCCC1(C(=O)O)CC2CCC1CC2. The second-order valence-electron chi connectivity index (χ2n) is 4.92. The van der Waals surface area contributed by atoms with Crippen molar-refractivity contribution in [2.45, 2.75) is 38.5 Å². The van der Waals surface area contributed by atoms with Crippen LogP contribution in [0.5, 0.6) is 0 Å². The van der Waals surface area contributed by atoms with Crippen molar-refractivity contribution in [1.82, 2.24) is 0 Å². The third-order valence-electron chi connectivity index (χ3n) is 4.30. The topological polar surface area (TPSA) is 63.3 Å². The maximum Gasteiger partial charge on any atom is 0.309 e. The predicted octanol–water partition coefficient (Wildman–Crippen LogP) is 1.62. The first kappa shape index (κ1) is 9.97. The number of nitrogens with two attached hydrogens (primary N) is 1. The van der Waals surface area contributed by atoms with E-state index in [1.807, 2.05) is 0 Å². The average molecular weight is 197 g/mol. The third-order valence-corrected chi connectivity index (χ3v) is 4.30. The van der Waals surface area contributed by atoms with E-state index in [1.54, 1.807) is 0 Å². The largest absolute Gasteiger partial charge is 0.481 e. The molecule has 0 aliphatic heterocycles. The minimum Gasteiger partial charge on any atom is -0.481 e. The molecule has 0 saturated heterocycles. The van der Waals surface area contributed by atoms with Gasteiger partial charge in [0.25, 0.3) is 0 Å². The molecule has 3 rings (SSSR count). The summed E-state index contributed by atoms with van der Waals surface area (Å²) in [6, 6.07) is 0. The molecule has 3 N–H and O–H groups in total. The summed E-state index contributed by atoms with van der Waals surface area (Å²) in [5, 5.41) is 9.39. The maximum absolute atomic E-state index is 11.4. The number of aliphatic carboxylic acids is 1. The van der Waals surface area contributed by atoms with E-state index in [-0.39, 0.29) is 0 Å². The van der Waals surface area contributed by atoms with Crippen molar-refractivity contribution in [3.05, 3.63) is 0 Å². The predicted molar refractivity (Wildman–Crippen MR) is 53.8 cm³/mol. The molecule has 0 aromatic carbocycles.